The van der Waals surface area contributed by atoms with Gasteiger partial charge >= 0.3 is 6.18 Å². The normalized spacial score (nSPS) is 15.0. The van der Waals surface area contributed by atoms with Crippen molar-refractivity contribution in [1.29, 1.82) is 0 Å². The summed E-state index contributed by atoms with van der Waals surface area (Å²) >= 11 is 0. The fraction of sp³-hybridized carbons (Fsp3) is 0.545. The number of halogens is 3. The van der Waals surface area contributed by atoms with Gasteiger partial charge in [0.25, 0.3) is 5.91 Å². The number of nitrogens with zero attached hydrogens (tertiary/aromatic N) is 2. The highest BCUT2D eigenvalue weighted by Gasteiger charge is 2.34. The third-order valence-corrected chi connectivity index (χ3v) is 5.26. The summed E-state index contributed by atoms with van der Waals surface area (Å²) in [5.74, 6) is -0.282. The molecule has 32 heavy (non-hydrogen) atoms. The molecule has 1 saturated heterocycles. The minimum atomic E-state index is -4.54. The Hall–Kier alpha value is -2.59. The van der Waals surface area contributed by atoms with Gasteiger partial charge < -0.3 is 19.5 Å². The number of amides is 1. The number of alkyl halides is 3. The molecule has 0 bridgehead atoms. The summed E-state index contributed by atoms with van der Waals surface area (Å²) in [6, 6.07) is 2.97. The van der Waals surface area contributed by atoms with Crippen molar-refractivity contribution in [2.24, 2.45) is 0 Å². The van der Waals surface area contributed by atoms with Crippen molar-refractivity contribution in [3.8, 4) is 5.75 Å². The van der Waals surface area contributed by atoms with E-state index in [-0.39, 0.29) is 36.7 Å². The smallest absolute Gasteiger partial charge is 0.416 e. The van der Waals surface area contributed by atoms with Crippen LogP contribution >= 0.6 is 0 Å². The Morgan fingerprint density at radius 3 is 2.56 bits per heavy atom. The number of hydrogen-bond acceptors (Lipinski definition) is 5. The number of anilines is 1. The van der Waals surface area contributed by atoms with Crippen LogP contribution in [0.15, 0.2) is 30.6 Å². The Kier molecular flexibility index (Phi) is 7.14. The lowest BCUT2D eigenvalue weighted by Gasteiger charge is -2.26. The largest absolute Gasteiger partial charge is 0.489 e. The summed E-state index contributed by atoms with van der Waals surface area (Å²) in [7, 11) is 0. The van der Waals surface area contributed by atoms with Crippen LogP contribution in [0.4, 0.5) is 18.9 Å². The molecule has 7 nitrogen and oxygen atoms in total. The van der Waals surface area contributed by atoms with Gasteiger partial charge in [0, 0.05) is 6.20 Å². The topological polar surface area (TPSA) is 74.6 Å². The lowest BCUT2D eigenvalue weighted by atomic mass is 10.0. The van der Waals surface area contributed by atoms with Crippen molar-refractivity contribution in [2.45, 2.75) is 51.4 Å². The average molecular weight is 455 g/mol. The van der Waals surface area contributed by atoms with Gasteiger partial charge in [0.1, 0.15) is 24.0 Å². The van der Waals surface area contributed by atoms with Crippen LogP contribution in [0.5, 0.6) is 5.75 Å². The average Bonchev–Trinajstić information content (AvgIpc) is 3.18. The van der Waals surface area contributed by atoms with E-state index in [1.807, 2.05) is 13.8 Å². The number of carbonyl (C=O) groups excluding carboxylic acids is 1. The molecule has 1 aliphatic rings. The molecule has 1 fully saturated rings. The van der Waals surface area contributed by atoms with Gasteiger partial charge in [0.15, 0.2) is 0 Å². The van der Waals surface area contributed by atoms with Crippen LogP contribution in [0, 0.1) is 0 Å². The van der Waals surface area contributed by atoms with Gasteiger partial charge in [0.2, 0.25) is 0 Å². The predicted octanol–water partition coefficient (Wildman–Crippen LogP) is 4.19. The Morgan fingerprint density at radius 1 is 1.28 bits per heavy atom. The van der Waals surface area contributed by atoms with Gasteiger partial charge in [-0.25, -0.2) is 0 Å². The fourth-order valence-corrected chi connectivity index (χ4v) is 2.92. The second kappa shape index (κ2) is 9.50. The van der Waals surface area contributed by atoms with Crippen LogP contribution in [-0.2, 0) is 26.0 Å². The van der Waals surface area contributed by atoms with Gasteiger partial charge in [0.05, 0.1) is 37.3 Å². The minimum Gasteiger partial charge on any atom is -0.489 e. The molecule has 2 heterocycles. The first-order chi connectivity index (χ1) is 15.0. The lowest BCUT2D eigenvalue weighted by Crippen LogP contribution is -2.40. The van der Waals surface area contributed by atoms with Crippen molar-refractivity contribution in [1.82, 2.24) is 9.78 Å². The highest BCUT2D eigenvalue weighted by atomic mass is 19.4. The quantitative estimate of drug-likeness (QED) is 0.574. The van der Waals surface area contributed by atoms with Crippen LogP contribution < -0.4 is 10.1 Å². The zero-order chi connectivity index (χ0) is 23.5. The maximum atomic E-state index is 13.2. The van der Waals surface area contributed by atoms with Crippen molar-refractivity contribution < 1.29 is 32.2 Å². The van der Waals surface area contributed by atoms with E-state index in [9.17, 15) is 18.0 Å². The van der Waals surface area contributed by atoms with Crippen LogP contribution in [-0.4, -0.2) is 48.2 Å². The summed E-state index contributed by atoms with van der Waals surface area (Å²) in [5.41, 5.74) is -0.840. The lowest BCUT2D eigenvalue weighted by molar-refractivity contribution is -0.137. The van der Waals surface area contributed by atoms with E-state index in [1.54, 1.807) is 26.2 Å². The summed E-state index contributed by atoms with van der Waals surface area (Å²) < 4.78 is 57.2. The number of benzene rings is 1. The Labute approximate surface area is 184 Å². The second-order valence-corrected chi connectivity index (χ2v) is 8.47. The molecule has 0 spiro atoms. The Balaban J connectivity index is 1.75. The number of hydrogen-bond donors (Lipinski definition) is 1. The maximum absolute atomic E-state index is 13.2. The molecule has 3 rings (SSSR count). The second-order valence-electron chi connectivity index (χ2n) is 8.47. The van der Waals surface area contributed by atoms with Gasteiger partial charge in [-0.3, -0.25) is 9.48 Å². The molecule has 2 aromatic rings. The maximum Gasteiger partial charge on any atom is 0.416 e. The molecular weight excluding hydrogens is 427 g/mol. The molecule has 176 valence electrons. The molecule has 1 aromatic heterocycles. The van der Waals surface area contributed by atoms with Gasteiger partial charge in [-0.05, 0) is 43.5 Å². The third kappa shape index (κ3) is 5.60. The van der Waals surface area contributed by atoms with E-state index < -0.39 is 23.2 Å². The van der Waals surface area contributed by atoms with Crippen LogP contribution in [0.3, 0.4) is 0 Å². The van der Waals surface area contributed by atoms with Crippen molar-refractivity contribution in [3.63, 3.8) is 0 Å². The summed E-state index contributed by atoms with van der Waals surface area (Å²) in [4.78, 5) is 13.0. The number of nitrogens with one attached hydrogen (secondary N) is 1. The number of aromatic nitrogens is 2. The molecule has 0 saturated carbocycles. The monoisotopic (exact) mass is 455 g/mol. The highest BCUT2D eigenvalue weighted by molar-refractivity contribution is 5.97. The fourth-order valence-electron chi connectivity index (χ4n) is 2.92. The Bertz CT molecular complexity index is 937. The number of rotatable bonds is 9. The van der Waals surface area contributed by atoms with Gasteiger partial charge in [-0.15, -0.1) is 0 Å². The molecule has 0 radical (unpaired) electrons. The molecule has 0 unspecified atom stereocenters. The van der Waals surface area contributed by atoms with Crippen LogP contribution in [0.25, 0.3) is 0 Å². The highest BCUT2D eigenvalue weighted by Crippen LogP contribution is 2.36. The molecule has 10 heteroatoms. The van der Waals surface area contributed by atoms with E-state index in [0.717, 1.165) is 17.7 Å². The van der Waals surface area contributed by atoms with E-state index in [0.29, 0.717) is 13.2 Å². The van der Waals surface area contributed by atoms with E-state index >= 15 is 0 Å². The molecule has 1 N–H and O–H groups in total. The molecule has 0 aliphatic carbocycles. The standard InChI is InChI=1S/C22H28F3N3O4/c1-14(2)15-10-26-28(11-15)21(3,4)20(29)27-18-6-5-16(22(23,24)25)9-19(18)32-8-7-31-17-12-30-13-17/h5-6,9-11,14,17H,7-8,12-13H2,1-4H3,(H,27,29). The van der Waals surface area contributed by atoms with Crippen LogP contribution in [0.1, 0.15) is 44.7 Å². The van der Waals surface area contributed by atoms with Crippen molar-refractivity contribution in [2.75, 3.05) is 31.7 Å². The molecule has 1 aliphatic heterocycles. The summed E-state index contributed by atoms with van der Waals surface area (Å²) in [6.45, 7) is 8.59. The van der Waals surface area contributed by atoms with Gasteiger partial charge in [-0.1, -0.05) is 13.8 Å². The Morgan fingerprint density at radius 2 is 2.00 bits per heavy atom. The van der Waals surface area contributed by atoms with E-state index in [1.165, 1.54) is 10.7 Å². The predicted molar refractivity (Wildman–Crippen MR) is 112 cm³/mol. The first-order valence-electron chi connectivity index (χ1n) is 10.4. The summed E-state index contributed by atoms with van der Waals surface area (Å²) in [6.07, 6.45) is -1.08. The van der Waals surface area contributed by atoms with Crippen molar-refractivity contribution >= 4 is 11.6 Å². The molecule has 0 atom stereocenters. The van der Waals surface area contributed by atoms with E-state index in [4.69, 9.17) is 14.2 Å². The molecule has 1 amide bonds. The van der Waals surface area contributed by atoms with Gasteiger partial charge in [-0.2, -0.15) is 18.3 Å². The van der Waals surface area contributed by atoms with E-state index in [2.05, 4.69) is 10.4 Å². The third-order valence-electron chi connectivity index (χ3n) is 5.26. The SMILES string of the molecule is CC(C)c1cnn(C(C)(C)C(=O)Nc2ccc(C(F)(F)F)cc2OCCOC2COC2)c1. The minimum absolute atomic E-state index is 0.0233. The first kappa shape index (κ1) is 24.1. The first-order valence-corrected chi connectivity index (χ1v) is 10.4. The molecular formula is C22H28F3N3O4. The molecule has 1 aromatic carbocycles. The zero-order valence-corrected chi connectivity index (χ0v) is 18.5. The number of ether oxygens (including phenoxy) is 3. The van der Waals surface area contributed by atoms with Crippen molar-refractivity contribution in [3.05, 3.63) is 41.7 Å². The number of carbonyl (C=O) groups is 1. The zero-order valence-electron chi connectivity index (χ0n) is 18.5. The van der Waals surface area contributed by atoms with Crippen LogP contribution in [0.2, 0.25) is 0 Å². The summed E-state index contributed by atoms with van der Waals surface area (Å²) in [5, 5.41) is 6.97.